The third kappa shape index (κ3) is 4.13. The number of pyridine rings is 1. The largest absolute Gasteiger partial charge is 0.384 e. The molecule has 5 heteroatoms. The molecule has 2 rings (SSSR count). The van der Waals surface area contributed by atoms with Gasteiger partial charge in [-0.15, -0.1) is 0 Å². The fourth-order valence-electron chi connectivity index (χ4n) is 2.46. The van der Waals surface area contributed by atoms with Gasteiger partial charge in [0.2, 0.25) is 0 Å². The summed E-state index contributed by atoms with van der Waals surface area (Å²) in [6, 6.07) is 1.97. The summed E-state index contributed by atoms with van der Waals surface area (Å²) >= 11 is 1.97. The van der Waals surface area contributed by atoms with Gasteiger partial charge in [-0.25, -0.2) is 0 Å². The van der Waals surface area contributed by atoms with Crippen molar-refractivity contribution in [2.45, 2.75) is 38.9 Å². The van der Waals surface area contributed by atoms with E-state index in [1.807, 2.05) is 29.7 Å². The molecule has 1 unspecified atom stereocenters. The van der Waals surface area contributed by atoms with E-state index in [4.69, 9.17) is 0 Å². The topological polar surface area (TPSA) is 45.2 Å². The van der Waals surface area contributed by atoms with Crippen LogP contribution in [0.25, 0.3) is 0 Å². The second kappa shape index (κ2) is 7.69. The number of hydrogen-bond donors (Lipinski definition) is 1. The van der Waals surface area contributed by atoms with E-state index in [2.05, 4.69) is 24.1 Å². The van der Waals surface area contributed by atoms with Crippen LogP contribution in [-0.4, -0.2) is 46.4 Å². The molecule has 1 amide bonds. The molecule has 1 fully saturated rings. The zero-order valence-corrected chi connectivity index (χ0v) is 14.0. The second-order valence-electron chi connectivity index (χ2n) is 5.45. The van der Waals surface area contributed by atoms with Gasteiger partial charge < -0.3 is 10.2 Å². The Labute approximate surface area is 131 Å². The molecular formula is C16H25N3OS. The SMILES string of the molecule is CCCNc1cc(C)ncc1C(=O)N1CCSC(CC)C1. The number of amides is 1. The number of nitrogens with zero attached hydrogens (tertiary/aromatic N) is 2. The summed E-state index contributed by atoms with van der Waals surface area (Å²) in [6.07, 6.45) is 3.87. The van der Waals surface area contributed by atoms with Crippen molar-refractivity contribution >= 4 is 23.4 Å². The van der Waals surface area contributed by atoms with Crippen LogP contribution in [0.3, 0.4) is 0 Å². The van der Waals surface area contributed by atoms with Crippen molar-refractivity contribution in [2.24, 2.45) is 0 Å². The maximum atomic E-state index is 12.8. The zero-order chi connectivity index (χ0) is 15.2. The standard InChI is InChI=1S/C16H25N3OS/c1-4-6-17-15-9-12(3)18-10-14(15)16(20)19-7-8-21-13(5-2)11-19/h9-10,13H,4-8,11H2,1-3H3,(H,17,18). The van der Waals surface area contributed by atoms with Gasteiger partial charge in [0.25, 0.3) is 5.91 Å². The van der Waals surface area contributed by atoms with E-state index in [0.717, 1.165) is 49.6 Å². The lowest BCUT2D eigenvalue weighted by atomic mass is 10.1. The average Bonchev–Trinajstić information content (AvgIpc) is 2.52. The van der Waals surface area contributed by atoms with Crippen LogP contribution in [0.1, 0.15) is 42.7 Å². The summed E-state index contributed by atoms with van der Waals surface area (Å²) in [5.74, 6) is 1.14. The summed E-state index contributed by atoms with van der Waals surface area (Å²) < 4.78 is 0. The van der Waals surface area contributed by atoms with E-state index in [1.165, 1.54) is 0 Å². The molecule has 1 N–H and O–H groups in total. The highest BCUT2D eigenvalue weighted by Gasteiger charge is 2.25. The van der Waals surface area contributed by atoms with Gasteiger partial charge in [-0.05, 0) is 25.8 Å². The number of nitrogens with one attached hydrogen (secondary N) is 1. The van der Waals surface area contributed by atoms with Crippen LogP contribution in [0.2, 0.25) is 0 Å². The van der Waals surface area contributed by atoms with Crippen molar-refractivity contribution in [3.63, 3.8) is 0 Å². The molecule has 2 heterocycles. The Morgan fingerprint density at radius 3 is 3.05 bits per heavy atom. The Morgan fingerprint density at radius 2 is 2.33 bits per heavy atom. The van der Waals surface area contributed by atoms with Crippen molar-refractivity contribution in [3.05, 3.63) is 23.5 Å². The van der Waals surface area contributed by atoms with E-state index in [0.29, 0.717) is 10.8 Å². The van der Waals surface area contributed by atoms with Crippen molar-refractivity contribution in [3.8, 4) is 0 Å². The van der Waals surface area contributed by atoms with Gasteiger partial charge in [-0.2, -0.15) is 11.8 Å². The van der Waals surface area contributed by atoms with Gasteiger partial charge in [0.05, 0.1) is 11.3 Å². The second-order valence-corrected chi connectivity index (χ2v) is 6.86. The van der Waals surface area contributed by atoms with Gasteiger partial charge in [0.15, 0.2) is 0 Å². The highest BCUT2D eigenvalue weighted by Crippen LogP contribution is 2.24. The molecule has 1 saturated heterocycles. The normalized spacial score (nSPS) is 18.6. The minimum atomic E-state index is 0.111. The molecule has 1 aromatic rings. The van der Waals surface area contributed by atoms with Crippen molar-refractivity contribution in [2.75, 3.05) is 30.7 Å². The molecule has 1 aliphatic heterocycles. The van der Waals surface area contributed by atoms with E-state index in [1.54, 1.807) is 6.20 Å². The maximum absolute atomic E-state index is 12.8. The first kappa shape index (κ1) is 16.1. The number of anilines is 1. The number of carbonyl (C=O) groups is 1. The Kier molecular flexibility index (Phi) is 5.91. The summed E-state index contributed by atoms with van der Waals surface area (Å²) in [5.41, 5.74) is 2.56. The van der Waals surface area contributed by atoms with Crippen molar-refractivity contribution in [1.82, 2.24) is 9.88 Å². The van der Waals surface area contributed by atoms with Gasteiger partial charge >= 0.3 is 0 Å². The molecule has 1 atom stereocenters. The number of aromatic nitrogens is 1. The van der Waals surface area contributed by atoms with Crippen LogP contribution in [0.4, 0.5) is 5.69 Å². The molecule has 21 heavy (non-hydrogen) atoms. The first-order valence-electron chi connectivity index (χ1n) is 7.77. The number of carbonyl (C=O) groups excluding carboxylic acids is 1. The molecular weight excluding hydrogens is 282 g/mol. The van der Waals surface area contributed by atoms with Gasteiger partial charge in [-0.1, -0.05) is 13.8 Å². The van der Waals surface area contributed by atoms with Crippen LogP contribution >= 0.6 is 11.8 Å². The lowest BCUT2D eigenvalue weighted by Crippen LogP contribution is -2.42. The summed E-state index contributed by atoms with van der Waals surface area (Å²) in [4.78, 5) is 19.1. The monoisotopic (exact) mass is 307 g/mol. The molecule has 0 bridgehead atoms. The van der Waals surface area contributed by atoms with Crippen molar-refractivity contribution < 1.29 is 4.79 Å². The first-order valence-corrected chi connectivity index (χ1v) is 8.82. The van der Waals surface area contributed by atoms with E-state index in [-0.39, 0.29) is 5.91 Å². The van der Waals surface area contributed by atoms with Gasteiger partial charge in [0, 0.05) is 42.5 Å². The molecule has 1 aromatic heterocycles. The number of hydrogen-bond acceptors (Lipinski definition) is 4. The quantitative estimate of drug-likeness (QED) is 0.907. The third-order valence-corrected chi connectivity index (χ3v) is 5.09. The Balaban J connectivity index is 2.17. The lowest BCUT2D eigenvalue weighted by Gasteiger charge is -2.32. The number of rotatable bonds is 5. The smallest absolute Gasteiger partial charge is 0.257 e. The first-order chi connectivity index (χ1) is 10.2. The molecule has 1 aliphatic rings. The molecule has 4 nitrogen and oxygen atoms in total. The highest BCUT2D eigenvalue weighted by molar-refractivity contribution is 8.00. The fraction of sp³-hybridized carbons (Fsp3) is 0.625. The maximum Gasteiger partial charge on any atom is 0.257 e. The van der Waals surface area contributed by atoms with Crippen LogP contribution in [0, 0.1) is 6.92 Å². The summed E-state index contributed by atoms with van der Waals surface area (Å²) in [7, 11) is 0. The van der Waals surface area contributed by atoms with Crippen LogP contribution in [0.5, 0.6) is 0 Å². The predicted molar refractivity (Wildman–Crippen MR) is 90.2 cm³/mol. The lowest BCUT2D eigenvalue weighted by molar-refractivity contribution is 0.0761. The number of aryl methyl sites for hydroxylation is 1. The van der Waals surface area contributed by atoms with Crippen LogP contribution in [-0.2, 0) is 0 Å². The summed E-state index contributed by atoms with van der Waals surface area (Å²) in [5, 5.41) is 3.92. The minimum Gasteiger partial charge on any atom is -0.384 e. The minimum absolute atomic E-state index is 0.111. The van der Waals surface area contributed by atoms with Gasteiger partial charge in [0.1, 0.15) is 0 Å². The summed E-state index contributed by atoms with van der Waals surface area (Å²) in [6.45, 7) is 8.82. The molecule has 116 valence electrons. The molecule has 0 saturated carbocycles. The molecule has 0 radical (unpaired) electrons. The van der Waals surface area contributed by atoms with Gasteiger partial charge in [-0.3, -0.25) is 9.78 Å². The molecule has 0 spiro atoms. The third-order valence-electron chi connectivity index (χ3n) is 3.72. The zero-order valence-electron chi connectivity index (χ0n) is 13.2. The molecule has 0 aliphatic carbocycles. The average molecular weight is 307 g/mol. The van der Waals surface area contributed by atoms with Crippen LogP contribution in [0.15, 0.2) is 12.3 Å². The fourth-order valence-corrected chi connectivity index (χ4v) is 3.64. The molecule has 0 aromatic carbocycles. The van der Waals surface area contributed by atoms with E-state index in [9.17, 15) is 4.79 Å². The Bertz CT molecular complexity index is 492. The van der Waals surface area contributed by atoms with Crippen molar-refractivity contribution in [1.29, 1.82) is 0 Å². The highest BCUT2D eigenvalue weighted by atomic mass is 32.2. The number of thioether (sulfide) groups is 1. The predicted octanol–water partition coefficient (Wildman–Crippen LogP) is 3.18. The van der Waals surface area contributed by atoms with E-state index < -0.39 is 0 Å². The van der Waals surface area contributed by atoms with Crippen LogP contribution < -0.4 is 5.32 Å². The Morgan fingerprint density at radius 1 is 1.52 bits per heavy atom. The Hall–Kier alpha value is -1.23. The van der Waals surface area contributed by atoms with E-state index >= 15 is 0 Å².